The fourth-order valence-electron chi connectivity index (χ4n) is 2.49. The molecule has 2 heteroatoms. The highest BCUT2D eigenvalue weighted by atomic mass is 15.1. The fraction of sp³-hybridized carbons (Fsp3) is 0.471. The molecule has 0 spiro atoms. The van der Waals surface area contributed by atoms with Crippen LogP contribution in [0.3, 0.4) is 0 Å². The second-order valence-electron chi connectivity index (χ2n) is 5.50. The molecule has 0 aromatic heterocycles. The van der Waals surface area contributed by atoms with Gasteiger partial charge in [-0.05, 0) is 37.6 Å². The van der Waals surface area contributed by atoms with Gasteiger partial charge < -0.3 is 4.90 Å². The molecule has 0 N–H and O–H groups in total. The van der Waals surface area contributed by atoms with Crippen molar-refractivity contribution in [2.45, 2.75) is 46.2 Å². The summed E-state index contributed by atoms with van der Waals surface area (Å²) >= 11 is 0. The molecule has 1 aliphatic heterocycles. The molecule has 0 atom stereocenters. The van der Waals surface area contributed by atoms with Crippen molar-refractivity contribution in [3.63, 3.8) is 0 Å². The number of allylic oxidation sites excluding steroid dienone is 1. The normalized spacial score (nSPS) is 18.0. The second-order valence-corrected chi connectivity index (χ2v) is 5.50. The third-order valence-corrected chi connectivity index (χ3v) is 3.31. The first-order valence-corrected chi connectivity index (χ1v) is 7.20. The average molecular weight is 256 g/mol. The van der Waals surface area contributed by atoms with E-state index in [9.17, 15) is 0 Å². The quantitative estimate of drug-likeness (QED) is 0.794. The maximum Gasteiger partial charge on any atom is 0.0559 e. The van der Waals surface area contributed by atoms with Crippen LogP contribution in [0.4, 0.5) is 0 Å². The Morgan fingerprint density at radius 2 is 1.95 bits per heavy atom. The van der Waals surface area contributed by atoms with E-state index in [4.69, 9.17) is 4.99 Å². The first-order valence-electron chi connectivity index (χ1n) is 7.20. The predicted octanol–water partition coefficient (Wildman–Crippen LogP) is 4.04. The van der Waals surface area contributed by atoms with E-state index in [1.165, 1.54) is 16.8 Å². The number of hydrogen-bond donors (Lipinski definition) is 0. The number of benzene rings is 1. The molecule has 1 aromatic rings. The zero-order chi connectivity index (χ0) is 13.7. The summed E-state index contributed by atoms with van der Waals surface area (Å²) in [4.78, 5) is 7.15. The van der Waals surface area contributed by atoms with Gasteiger partial charge in [0.15, 0.2) is 0 Å². The summed E-state index contributed by atoms with van der Waals surface area (Å²) in [5.41, 5.74) is 4.17. The maximum atomic E-state index is 4.76. The van der Waals surface area contributed by atoms with Gasteiger partial charge in [-0.25, -0.2) is 0 Å². The Labute approximate surface area is 116 Å². The smallest absolute Gasteiger partial charge is 0.0559 e. The van der Waals surface area contributed by atoms with E-state index >= 15 is 0 Å². The predicted molar refractivity (Wildman–Crippen MR) is 82.4 cm³/mol. The molecule has 1 heterocycles. The molecular formula is C17H24N2. The van der Waals surface area contributed by atoms with Gasteiger partial charge >= 0.3 is 0 Å². The molecule has 0 saturated heterocycles. The summed E-state index contributed by atoms with van der Waals surface area (Å²) < 4.78 is 0. The zero-order valence-electron chi connectivity index (χ0n) is 12.3. The third kappa shape index (κ3) is 4.23. The second kappa shape index (κ2) is 6.55. The van der Waals surface area contributed by atoms with Crippen LogP contribution in [0, 0.1) is 0 Å². The molecule has 2 nitrogen and oxygen atoms in total. The van der Waals surface area contributed by atoms with E-state index in [0.29, 0.717) is 6.04 Å². The highest BCUT2D eigenvalue weighted by Gasteiger charge is 2.15. The Morgan fingerprint density at radius 1 is 1.21 bits per heavy atom. The van der Waals surface area contributed by atoms with Crippen molar-refractivity contribution in [1.82, 2.24) is 4.90 Å². The van der Waals surface area contributed by atoms with Crippen LogP contribution in [-0.2, 0) is 6.54 Å². The monoisotopic (exact) mass is 256 g/mol. The van der Waals surface area contributed by atoms with Gasteiger partial charge in [-0.15, -0.1) is 0 Å². The Balaban J connectivity index is 2.11. The van der Waals surface area contributed by atoms with Crippen LogP contribution in [0.25, 0.3) is 0 Å². The van der Waals surface area contributed by atoms with Gasteiger partial charge in [0.2, 0.25) is 0 Å². The summed E-state index contributed by atoms with van der Waals surface area (Å²) in [6, 6.07) is 11.0. The molecule has 1 aromatic carbocycles. The topological polar surface area (TPSA) is 15.6 Å². The molecular weight excluding hydrogens is 232 g/mol. The molecule has 0 radical (unpaired) electrons. The molecule has 0 bridgehead atoms. The molecule has 2 rings (SSSR count). The van der Waals surface area contributed by atoms with Crippen LogP contribution in [0.5, 0.6) is 0 Å². The van der Waals surface area contributed by atoms with E-state index in [2.05, 4.69) is 62.2 Å². The fourth-order valence-corrected chi connectivity index (χ4v) is 2.49. The Hall–Kier alpha value is -1.57. The largest absolute Gasteiger partial charge is 0.368 e. The summed E-state index contributed by atoms with van der Waals surface area (Å²) in [6.07, 6.45) is 4.49. The van der Waals surface area contributed by atoms with Gasteiger partial charge in [-0.2, -0.15) is 0 Å². The summed E-state index contributed by atoms with van der Waals surface area (Å²) in [5, 5.41) is 0. The van der Waals surface area contributed by atoms with E-state index < -0.39 is 0 Å². The highest BCUT2D eigenvalue weighted by molar-refractivity contribution is 5.89. The van der Waals surface area contributed by atoms with E-state index in [-0.39, 0.29) is 0 Å². The standard InChI is InChI=1S/C17H24N2/c1-4-15-10-17(18-14(2)3)13-19(11-15)12-16-8-6-5-7-9-16/h5-9,11,14H,4,10,12-13H2,1-3H3. The van der Waals surface area contributed by atoms with Crippen molar-refractivity contribution in [2.75, 3.05) is 6.54 Å². The van der Waals surface area contributed by atoms with E-state index in [1.54, 1.807) is 0 Å². The third-order valence-electron chi connectivity index (χ3n) is 3.31. The van der Waals surface area contributed by atoms with Crippen LogP contribution in [0.2, 0.25) is 0 Å². The van der Waals surface area contributed by atoms with E-state index in [0.717, 1.165) is 25.9 Å². The lowest BCUT2D eigenvalue weighted by atomic mass is 10.0. The number of aliphatic imine (C=N–C) groups is 1. The first kappa shape index (κ1) is 13.9. The molecule has 0 saturated carbocycles. The molecule has 19 heavy (non-hydrogen) atoms. The molecule has 0 aliphatic carbocycles. The lowest BCUT2D eigenvalue weighted by molar-refractivity contribution is 0.404. The highest BCUT2D eigenvalue weighted by Crippen LogP contribution is 2.18. The van der Waals surface area contributed by atoms with Crippen molar-refractivity contribution in [3.05, 3.63) is 47.7 Å². The minimum Gasteiger partial charge on any atom is -0.368 e. The van der Waals surface area contributed by atoms with Gasteiger partial charge in [-0.3, -0.25) is 4.99 Å². The summed E-state index contributed by atoms with van der Waals surface area (Å²) in [6.45, 7) is 8.47. The summed E-state index contributed by atoms with van der Waals surface area (Å²) in [7, 11) is 0. The first-order chi connectivity index (χ1) is 9.17. The summed E-state index contributed by atoms with van der Waals surface area (Å²) in [5.74, 6) is 0. The average Bonchev–Trinajstić information content (AvgIpc) is 2.38. The molecule has 0 amide bonds. The van der Waals surface area contributed by atoms with Crippen molar-refractivity contribution in [3.8, 4) is 0 Å². The van der Waals surface area contributed by atoms with Gasteiger partial charge in [0.25, 0.3) is 0 Å². The van der Waals surface area contributed by atoms with E-state index in [1.807, 2.05) is 0 Å². The van der Waals surface area contributed by atoms with Gasteiger partial charge in [0.1, 0.15) is 0 Å². The van der Waals surface area contributed by atoms with Crippen LogP contribution in [-0.4, -0.2) is 23.2 Å². The van der Waals surface area contributed by atoms with Crippen LogP contribution < -0.4 is 0 Å². The van der Waals surface area contributed by atoms with Gasteiger partial charge in [0.05, 0.1) is 6.54 Å². The zero-order valence-corrected chi connectivity index (χ0v) is 12.3. The lowest BCUT2D eigenvalue weighted by Gasteiger charge is -2.28. The van der Waals surface area contributed by atoms with Crippen molar-refractivity contribution in [1.29, 1.82) is 0 Å². The Morgan fingerprint density at radius 3 is 2.58 bits per heavy atom. The minimum atomic E-state index is 0.393. The molecule has 1 aliphatic rings. The van der Waals surface area contributed by atoms with Crippen molar-refractivity contribution in [2.24, 2.45) is 4.99 Å². The number of hydrogen-bond acceptors (Lipinski definition) is 2. The van der Waals surface area contributed by atoms with Crippen LogP contribution in [0.1, 0.15) is 39.2 Å². The Bertz CT molecular complexity index is 457. The molecule has 0 unspecified atom stereocenters. The van der Waals surface area contributed by atoms with Gasteiger partial charge in [0, 0.05) is 24.7 Å². The van der Waals surface area contributed by atoms with Gasteiger partial charge in [-0.1, -0.05) is 37.3 Å². The van der Waals surface area contributed by atoms with Crippen molar-refractivity contribution < 1.29 is 0 Å². The number of nitrogens with zero attached hydrogens (tertiary/aromatic N) is 2. The minimum absolute atomic E-state index is 0.393. The Kier molecular flexibility index (Phi) is 4.78. The number of rotatable bonds is 4. The van der Waals surface area contributed by atoms with Crippen molar-refractivity contribution >= 4 is 5.71 Å². The molecule has 0 fully saturated rings. The maximum absolute atomic E-state index is 4.76. The molecule has 102 valence electrons. The van der Waals surface area contributed by atoms with Crippen LogP contribution in [0.15, 0.2) is 47.1 Å². The van der Waals surface area contributed by atoms with Crippen LogP contribution >= 0.6 is 0 Å². The SMILES string of the molecule is CCC1=CN(Cc2ccccc2)CC(=NC(C)C)C1. The lowest BCUT2D eigenvalue weighted by Crippen LogP contribution is -2.30.